The molecule has 216 valence electrons. The minimum absolute atomic E-state index is 0.0297. The van der Waals surface area contributed by atoms with E-state index in [-0.39, 0.29) is 23.1 Å². The number of hydrogen-bond acceptors (Lipinski definition) is 8. The number of thiazole rings is 1. The van der Waals surface area contributed by atoms with Gasteiger partial charge < -0.3 is 19.4 Å². The Bertz CT molecular complexity index is 1720. The second kappa shape index (κ2) is 10.1. The second-order valence-corrected chi connectivity index (χ2v) is 12.8. The summed E-state index contributed by atoms with van der Waals surface area (Å²) in [5.41, 5.74) is 6.61. The van der Waals surface area contributed by atoms with Crippen molar-refractivity contribution in [2.45, 2.75) is 26.7 Å². The monoisotopic (exact) mass is 585 g/mol. The number of likely N-dealkylation sites (tertiary alicyclic amines) is 1. The van der Waals surface area contributed by atoms with Gasteiger partial charge in [0.1, 0.15) is 22.5 Å². The van der Waals surface area contributed by atoms with Gasteiger partial charge in [-0.2, -0.15) is 10.4 Å². The van der Waals surface area contributed by atoms with E-state index in [4.69, 9.17) is 14.8 Å². The fourth-order valence-corrected chi connectivity index (χ4v) is 7.48. The number of carbonyl (C=O) groups excluding carboxylic acids is 1. The van der Waals surface area contributed by atoms with E-state index in [1.165, 1.54) is 29.2 Å². The number of anilines is 3. The van der Waals surface area contributed by atoms with Crippen molar-refractivity contribution in [2.75, 3.05) is 56.2 Å². The zero-order valence-corrected chi connectivity index (χ0v) is 24.7. The minimum atomic E-state index is -0.328. The van der Waals surface area contributed by atoms with Gasteiger partial charge in [0.25, 0.3) is 0 Å². The van der Waals surface area contributed by atoms with E-state index in [1.807, 2.05) is 21.4 Å². The van der Waals surface area contributed by atoms with Crippen LogP contribution in [0.1, 0.15) is 29.5 Å². The highest BCUT2D eigenvalue weighted by Gasteiger charge is 2.54. The van der Waals surface area contributed by atoms with Gasteiger partial charge in [-0.1, -0.05) is 18.3 Å². The summed E-state index contributed by atoms with van der Waals surface area (Å²) in [4.78, 5) is 24.5. The van der Waals surface area contributed by atoms with Gasteiger partial charge in [-0.15, -0.1) is 0 Å². The van der Waals surface area contributed by atoms with Crippen molar-refractivity contribution in [1.29, 1.82) is 5.26 Å². The molecule has 1 unspecified atom stereocenters. The van der Waals surface area contributed by atoms with Crippen LogP contribution in [0.15, 0.2) is 36.5 Å². The summed E-state index contributed by atoms with van der Waals surface area (Å²) in [6.45, 7) is 8.94. The van der Waals surface area contributed by atoms with Crippen molar-refractivity contribution in [3.05, 3.63) is 58.5 Å². The number of fused-ring (bicyclic) bond motifs is 1. The van der Waals surface area contributed by atoms with Crippen LogP contribution in [0.4, 0.5) is 20.9 Å². The van der Waals surface area contributed by atoms with Crippen LogP contribution < -0.4 is 9.80 Å². The maximum atomic E-state index is 13.5. The number of rotatable bonds is 6. The third kappa shape index (κ3) is 4.32. The Hall–Kier alpha value is -4.01. The van der Waals surface area contributed by atoms with Crippen LogP contribution in [0.5, 0.6) is 0 Å². The van der Waals surface area contributed by atoms with E-state index < -0.39 is 0 Å². The quantitative estimate of drug-likeness (QED) is 0.321. The maximum Gasteiger partial charge on any atom is 0.228 e. The van der Waals surface area contributed by atoms with Gasteiger partial charge in [-0.25, -0.2) is 13.9 Å². The zero-order valence-electron chi connectivity index (χ0n) is 23.9. The molecule has 1 spiro atoms. The number of pyridine rings is 1. The number of benzene rings is 1. The molecule has 0 N–H and O–H groups in total. The van der Waals surface area contributed by atoms with Crippen LogP contribution in [0.3, 0.4) is 0 Å². The van der Waals surface area contributed by atoms with Gasteiger partial charge in [0.05, 0.1) is 29.4 Å². The number of hydrogen-bond donors (Lipinski definition) is 0. The summed E-state index contributed by atoms with van der Waals surface area (Å²) in [7, 11) is 1.96. The molecular formula is C31H32FN7O2S. The molecule has 3 fully saturated rings. The smallest absolute Gasteiger partial charge is 0.228 e. The molecule has 9 nitrogen and oxygen atoms in total. The summed E-state index contributed by atoms with van der Waals surface area (Å²) >= 11 is 1.32. The minimum Gasteiger partial charge on any atom is -0.381 e. The molecule has 42 heavy (non-hydrogen) atoms. The Morgan fingerprint density at radius 1 is 1.26 bits per heavy atom. The van der Waals surface area contributed by atoms with Crippen molar-refractivity contribution in [2.24, 2.45) is 11.3 Å². The Morgan fingerprint density at radius 2 is 2.02 bits per heavy atom. The van der Waals surface area contributed by atoms with Gasteiger partial charge in [0.2, 0.25) is 5.91 Å². The number of nitriles is 1. The van der Waals surface area contributed by atoms with Gasteiger partial charge in [0, 0.05) is 62.7 Å². The third-order valence-electron chi connectivity index (χ3n) is 8.81. The maximum absolute atomic E-state index is 13.5. The van der Waals surface area contributed by atoms with E-state index in [0.29, 0.717) is 34.5 Å². The predicted molar refractivity (Wildman–Crippen MR) is 160 cm³/mol. The lowest BCUT2D eigenvalue weighted by atomic mass is 9.72. The fourth-order valence-electron chi connectivity index (χ4n) is 6.63. The summed E-state index contributed by atoms with van der Waals surface area (Å²) in [6, 6.07) is 10.5. The Morgan fingerprint density at radius 3 is 2.69 bits per heavy atom. The van der Waals surface area contributed by atoms with Gasteiger partial charge >= 0.3 is 0 Å². The molecule has 6 heterocycles. The van der Waals surface area contributed by atoms with E-state index >= 15 is 0 Å². The first-order valence-electron chi connectivity index (χ1n) is 14.3. The van der Waals surface area contributed by atoms with Gasteiger partial charge in [0.15, 0.2) is 5.13 Å². The van der Waals surface area contributed by atoms with Crippen LogP contribution >= 0.6 is 11.3 Å². The SMILES string of the molecule is CCc1nn2cc(C)c(N3CC4(CN(C(=O)C5CCOC5)C4)C3)cc2c1N(C)c1nc(-c2ccc(F)cc2)c(C#N)s1. The molecule has 0 aliphatic carbocycles. The number of carbonyl (C=O) groups is 1. The van der Waals surface area contributed by atoms with E-state index in [9.17, 15) is 14.4 Å². The Kier molecular flexibility index (Phi) is 6.44. The molecule has 1 atom stereocenters. The summed E-state index contributed by atoms with van der Waals surface area (Å²) in [5, 5.41) is 15.4. The molecule has 1 aromatic carbocycles. The van der Waals surface area contributed by atoms with Crippen LogP contribution in [-0.2, 0) is 16.0 Å². The number of halogens is 1. The number of aromatic nitrogens is 3. The number of nitrogens with zero attached hydrogens (tertiary/aromatic N) is 7. The van der Waals surface area contributed by atoms with Crippen LogP contribution in [0.2, 0.25) is 0 Å². The molecule has 0 radical (unpaired) electrons. The zero-order chi connectivity index (χ0) is 29.2. The lowest BCUT2D eigenvalue weighted by Gasteiger charge is -2.61. The highest BCUT2D eigenvalue weighted by atomic mass is 32.1. The topological polar surface area (TPSA) is 90.0 Å². The average Bonchev–Trinajstić information content (AvgIpc) is 3.70. The van der Waals surface area contributed by atoms with Crippen LogP contribution in [0, 0.1) is 35.4 Å². The Balaban J connectivity index is 1.15. The molecular weight excluding hydrogens is 553 g/mol. The number of amides is 1. The number of aryl methyl sites for hydroxylation is 2. The lowest BCUT2D eigenvalue weighted by molar-refractivity contribution is -0.149. The van der Waals surface area contributed by atoms with Gasteiger partial charge in [-0.3, -0.25) is 4.79 Å². The third-order valence-corrected chi connectivity index (χ3v) is 9.85. The summed E-state index contributed by atoms with van der Waals surface area (Å²) in [6.07, 6.45) is 3.65. The van der Waals surface area contributed by atoms with Crippen molar-refractivity contribution >= 4 is 39.3 Å². The molecule has 3 aliphatic heterocycles. The van der Waals surface area contributed by atoms with E-state index in [1.54, 1.807) is 12.1 Å². The standard InChI is InChI=1S/C31H32FN7O2S/c1-4-23-28(36(3)30-34-27(26(12-33)42-30)20-5-7-22(32)8-6-20)25-11-24(19(2)13-39(25)35-23)37-15-31(16-37)17-38(18-31)29(40)21-9-10-41-14-21/h5-8,11,13,21H,4,9-10,14-18H2,1-3H3. The molecule has 0 saturated carbocycles. The van der Waals surface area contributed by atoms with Crippen LogP contribution in [-0.4, -0.2) is 71.8 Å². The second-order valence-electron chi connectivity index (χ2n) is 11.8. The van der Waals surface area contributed by atoms with E-state index in [0.717, 1.165) is 61.5 Å². The highest BCUT2D eigenvalue weighted by Crippen LogP contribution is 2.45. The molecule has 3 aliphatic rings. The molecule has 7 rings (SSSR count). The van der Waals surface area contributed by atoms with Crippen molar-refractivity contribution in [1.82, 2.24) is 19.5 Å². The van der Waals surface area contributed by atoms with Crippen molar-refractivity contribution < 1.29 is 13.9 Å². The first kappa shape index (κ1) is 26.9. The first-order valence-corrected chi connectivity index (χ1v) is 15.1. The molecule has 3 saturated heterocycles. The summed E-state index contributed by atoms with van der Waals surface area (Å²) in [5.74, 6) is -0.0510. The lowest BCUT2D eigenvalue weighted by Crippen LogP contribution is -2.73. The fraction of sp³-hybridized carbons (Fsp3) is 0.419. The molecule has 11 heteroatoms. The Labute approximate surface area is 247 Å². The largest absolute Gasteiger partial charge is 0.381 e. The van der Waals surface area contributed by atoms with Crippen LogP contribution in [0.25, 0.3) is 16.8 Å². The first-order chi connectivity index (χ1) is 20.3. The normalized spacial score (nSPS) is 19.2. The van der Waals surface area contributed by atoms with Gasteiger partial charge in [-0.05, 0) is 55.7 Å². The predicted octanol–water partition coefficient (Wildman–Crippen LogP) is 4.79. The highest BCUT2D eigenvalue weighted by molar-refractivity contribution is 7.16. The van der Waals surface area contributed by atoms with Crippen molar-refractivity contribution in [3.8, 4) is 17.3 Å². The van der Waals surface area contributed by atoms with Crippen molar-refractivity contribution in [3.63, 3.8) is 0 Å². The number of ether oxygens (including phenoxy) is 1. The molecule has 1 amide bonds. The molecule has 0 bridgehead atoms. The summed E-state index contributed by atoms with van der Waals surface area (Å²) < 4.78 is 20.9. The molecule has 4 aromatic rings. The molecule has 3 aromatic heterocycles. The average molecular weight is 586 g/mol. The van der Waals surface area contributed by atoms with E-state index in [2.05, 4.69) is 37.1 Å².